The molecule has 0 spiro atoms. The summed E-state index contributed by atoms with van der Waals surface area (Å²) in [5, 5.41) is 8.51. The molecule has 0 aromatic rings. The lowest BCUT2D eigenvalue weighted by molar-refractivity contribution is -0.137. The third kappa shape index (κ3) is 41.5. The summed E-state index contributed by atoms with van der Waals surface area (Å²) in [5.41, 5.74) is 0. The quantitative estimate of drug-likeness (QED) is 0.0706. The van der Waals surface area contributed by atoms with Gasteiger partial charge < -0.3 is 9.90 Å². The normalized spacial score (nSPS) is 11.6. The predicted octanol–water partition coefficient (Wildman–Crippen LogP) is 11.1. The number of allylic oxidation sites excluding steroid dienone is 8. The van der Waals surface area contributed by atoms with E-state index < -0.39 is 5.97 Å². The van der Waals surface area contributed by atoms with E-state index >= 15 is 0 Å². The fraction of sp³-hybridized carbons (Fsp3) is 0.706. The highest BCUT2D eigenvalue weighted by atomic mass is 16.4. The van der Waals surface area contributed by atoms with Crippen molar-refractivity contribution in [2.24, 2.45) is 0 Å². The van der Waals surface area contributed by atoms with Gasteiger partial charge in [-0.25, -0.2) is 0 Å². The minimum atomic E-state index is -0.664. The van der Waals surface area contributed by atoms with Gasteiger partial charge in [-0.1, -0.05) is 140 Å². The first-order valence-electron chi connectivity index (χ1n) is 15.5. The van der Waals surface area contributed by atoms with Crippen molar-refractivity contribution in [1.82, 2.24) is 0 Å². The fourth-order valence-corrected chi connectivity index (χ4v) is 3.83. The predicted molar refractivity (Wildman–Crippen MR) is 163 cm³/mol. The molecule has 0 amide bonds. The van der Waals surface area contributed by atoms with Crippen LogP contribution < -0.4 is 0 Å². The smallest absolute Gasteiger partial charge is 0.303 e. The third-order valence-electron chi connectivity index (χ3n) is 6.13. The number of carboxylic acids is 1. The minimum Gasteiger partial charge on any atom is -0.481 e. The van der Waals surface area contributed by atoms with Crippen molar-refractivity contribution in [3.05, 3.63) is 48.6 Å². The first kappa shape index (κ1) is 37.3. The fourth-order valence-electron chi connectivity index (χ4n) is 3.83. The van der Waals surface area contributed by atoms with E-state index in [4.69, 9.17) is 5.11 Å². The highest BCUT2D eigenvalue weighted by Gasteiger charge is 1.96. The average molecular weight is 517 g/mol. The second kappa shape index (κ2) is 36.3. The van der Waals surface area contributed by atoms with Crippen molar-refractivity contribution < 1.29 is 14.7 Å². The molecule has 0 fully saturated rings. The summed E-state index contributed by atoms with van der Waals surface area (Å²) < 4.78 is 0. The van der Waals surface area contributed by atoms with Crippen molar-refractivity contribution >= 4 is 12.3 Å². The first-order chi connectivity index (χ1) is 18.2. The van der Waals surface area contributed by atoms with Gasteiger partial charge in [0.2, 0.25) is 0 Å². The van der Waals surface area contributed by atoms with Gasteiger partial charge in [-0.3, -0.25) is 4.79 Å². The Balaban J connectivity index is 0. The van der Waals surface area contributed by atoms with Crippen LogP contribution in [0.15, 0.2) is 48.6 Å². The van der Waals surface area contributed by atoms with E-state index in [1.54, 1.807) is 0 Å². The second-order valence-electron chi connectivity index (χ2n) is 9.92. The molecule has 214 valence electrons. The molecule has 0 atom stereocenters. The van der Waals surface area contributed by atoms with Gasteiger partial charge in [0.25, 0.3) is 0 Å². The largest absolute Gasteiger partial charge is 0.481 e. The van der Waals surface area contributed by atoms with Crippen molar-refractivity contribution in [3.63, 3.8) is 0 Å². The molecule has 0 aliphatic heterocycles. The van der Waals surface area contributed by atoms with Crippen molar-refractivity contribution in [2.75, 3.05) is 0 Å². The summed E-state index contributed by atoms with van der Waals surface area (Å²) in [4.78, 5) is 20.4. The van der Waals surface area contributed by atoms with Crippen molar-refractivity contribution in [3.8, 4) is 0 Å². The summed E-state index contributed by atoms with van der Waals surface area (Å²) in [7, 11) is 0. The molecule has 3 heteroatoms. The Kier molecular flexibility index (Phi) is 36.5. The molecule has 0 saturated heterocycles. The van der Waals surface area contributed by atoms with E-state index in [0.29, 0.717) is 6.42 Å². The lowest BCUT2D eigenvalue weighted by atomic mass is 10.1. The van der Waals surface area contributed by atoms with Gasteiger partial charge in [0.05, 0.1) is 0 Å². The van der Waals surface area contributed by atoms with Crippen LogP contribution in [0.5, 0.6) is 0 Å². The molecule has 0 aliphatic carbocycles. The number of hydrogen-bond acceptors (Lipinski definition) is 2. The first-order valence-corrected chi connectivity index (χ1v) is 15.5. The highest BCUT2D eigenvalue weighted by Crippen LogP contribution is 2.11. The molecule has 1 N–H and O–H groups in total. The van der Waals surface area contributed by atoms with Gasteiger partial charge in [0.1, 0.15) is 6.29 Å². The molecular formula is C34H60O3. The van der Waals surface area contributed by atoms with Crippen LogP contribution in [-0.4, -0.2) is 17.4 Å². The van der Waals surface area contributed by atoms with Crippen LogP contribution in [-0.2, 0) is 9.59 Å². The monoisotopic (exact) mass is 516 g/mol. The third-order valence-corrected chi connectivity index (χ3v) is 6.13. The van der Waals surface area contributed by atoms with E-state index in [9.17, 15) is 9.59 Å². The number of carbonyl (C=O) groups is 2. The summed E-state index contributed by atoms with van der Waals surface area (Å²) in [6, 6.07) is 0. The highest BCUT2D eigenvalue weighted by molar-refractivity contribution is 5.66. The Bertz CT molecular complexity index is 572. The molecule has 0 radical (unpaired) electrons. The van der Waals surface area contributed by atoms with Crippen LogP contribution in [0.4, 0.5) is 0 Å². The molecule has 0 bridgehead atoms. The maximum Gasteiger partial charge on any atom is 0.303 e. The Morgan fingerprint density at radius 1 is 0.486 bits per heavy atom. The number of unbranched alkanes of at least 4 members (excludes halogenated alkanes) is 17. The molecule has 0 rings (SSSR count). The zero-order valence-electron chi connectivity index (χ0n) is 24.5. The Hall–Kier alpha value is -1.90. The Morgan fingerprint density at radius 3 is 1.16 bits per heavy atom. The lowest BCUT2D eigenvalue weighted by Crippen LogP contribution is -1.93. The Morgan fingerprint density at radius 2 is 0.811 bits per heavy atom. The topological polar surface area (TPSA) is 54.4 Å². The molecular weight excluding hydrogens is 456 g/mol. The molecule has 0 aliphatic rings. The van der Waals surface area contributed by atoms with Crippen LogP contribution >= 0.6 is 0 Å². The van der Waals surface area contributed by atoms with E-state index in [0.717, 1.165) is 32.0 Å². The number of carboxylic acid groups (broad SMARTS) is 1. The molecule has 37 heavy (non-hydrogen) atoms. The van der Waals surface area contributed by atoms with E-state index in [1.165, 1.54) is 109 Å². The Labute approximate surface area is 230 Å². The van der Waals surface area contributed by atoms with E-state index in [1.807, 2.05) is 0 Å². The number of aliphatic carboxylic acids is 1. The van der Waals surface area contributed by atoms with Crippen LogP contribution in [0.2, 0.25) is 0 Å². The van der Waals surface area contributed by atoms with Gasteiger partial charge in [-0.15, -0.1) is 0 Å². The van der Waals surface area contributed by atoms with E-state index in [-0.39, 0.29) is 0 Å². The molecule has 0 aromatic heterocycles. The van der Waals surface area contributed by atoms with Gasteiger partial charge in [-0.2, -0.15) is 0 Å². The number of carbonyl (C=O) groups excluding carboxylic acids is 1. The number of aldehydes is 1. The SMILES string of the molecule is CCC/C=C/C=C\CCCCCCCCCCC(=O)O.CCC/C=C\C=C\CCCCCCCCC=O. The average Bonchev–Trinajstić information content (AvgIpc) is 2.89. The summed E-state index contributed by atoms with van der Waals surface area (Å²) >= 11 is 0. The van der Waals surface area contributed by atoms with Gasteiger partial charge in [0.15, 0.2) is 0 Å². The van der Waals surface area contributed by atoms with Crippen LogP contribution in [0, 0.1) is 0 Å². The standard InChI is InChI=1S/C18H32O2.C16H28O/c1-2-3-4-5-6-7-8-9-10-11-12-13-14-15-16-17-18(19)20;1-2-3-4-5-6-7-8-9-10-11-12-13-14-15-16-17/h4-7H,2-3,8-17H2,1H3,(H,19,20);4-7,16H,2-3,8-15H2,1H3/b5-4+,7-6-;5-4-,7-6+. The van der Waals surface area contributed by atoms with Crippen molar-refractivity contribution in [2.45, 2.75) is 155 Å². The molecule has 0 saturated carbocycles. The van der Waals surface area contributed by atoms with Gasteiger partial charge in [-0.05, 0) is 51.4 Å². The van der Waals surface area contributed by atoms with Crippen LogP contribution in [0.1, 0.15) is 155 Å². The van der Waals surface area contributed by atoms with Gasteiger partial charge in [0, 0.05) is 12.8 Å². The maximum absolute atomic E-state index is 10.3. The van der Waals surface area contributed by atoms with Crippen molar-refractivity contribution in [1.29, 1.82) is 0 Å². The van der Waals surface area contributed by atoms with Crippen LogP contribution in [0.25, 0.3) is 0 Å². The zero-order valence-corrected chi connectivity index (χ0v) is 24.5. The number of rotatable bonds is 26. The molecule has 0 aromatic carbocycles. The summed E-state index contributed by atoms with van der Waals surface area (Å²) in [6.45, 7) is 4.39. The van der Waals surface area contributed by atoms with E-state index in [2.05, 4.69) is 62.5 Å². The lowest BCUT2D eigenvalue weighted by Gasteiger charge is -2.00. The summed E-state index contributed by atoms with van der Waals surface area (Å²) in [6.07, 6.45) is 44.0. The van der Waals surface area contributed by atoms with Gasteiger partial charge >= 0.3 is 5.97 Å². The second-order valence-corrected chi connectivity index (χ2v) is 9.92. The minimum absolute atomic E-state index is 0.332. The molecule has 3 nitrogen and oxygen atoms in total. The molecule has 0 heterocycles. The zero-order chi connectivity index (χ0) is 27.5. The summed E-state index contributed by atoms with van der Waals surface area (Å²) in [5.74, 6) is -0.664. The van der Waals surface area contributed by atoms with Crippen LogP contribution in [0.3, 0.4) is 0 Å². The maximum atomic E-state index is 10.3. The molecule has 0 unspecified atom stereocenters. The number of hydrogen-bond donors (Lipinski definition) is 1.